The number of aryl methyl sites for hydroxylation is 1. The maximum atomic E-state index is 4.60. The normalized spacial score (nSPS) is 14.8. The molecule has 0 amide bonds. The molecule has 0 saturated carbocycles. The fourth-order valence-corrected chi connectivity index (χ4v) is 4.30. The lowest BCUT2D eigenvalue weighted by atomic mass is 10.0. The second kappa shape index (κ2) is 7.22. The molecule has 4 rings (SSSR count). The molecule has 0 spiro atoms. The summed E-state index contributed by atoms with van der Waals surface area (Å²) in [5.74, 6) is 0. The molecule has 0 aromatic carbocycles. The van der Waals surface area contributed by atoms with Crippen LogP contribution in [-0.2, 0) is 33.1 Å². The average molecular weight is 369 g/mol. The van der Waals surface area contributed by atoms with Crippen LogP contribution in [0.2, 0.25) is 0 Å². The third-order valence-corrected chi connectivity index (χ3v) is 5.42. The number of aromatic nitrogens is 5. The van der Waals surface area contributed by atoms with Crippen molar-refractivity contribution in [1.82, 2.24) is 34.8 Å². The molecule has 8 heteroatoms. The Morgan fingerprint density at radius 3 is 2.88 bits per heavy atom. The summed E-state index contributed by atoms with van der Waals surface area (Å²) < 4.78 is 1.79. The highest BCUT2D eigenvalue weighted by Gasteiger charge is 2.20. The van der Waals surface area contributed by atoms with Gasteiger partial charge in [-0.05, 0) is 25.7 Å². The summed E-state index contributed by atoms with van der Waals surface area (Å²) in [6.07, 6.45) is 6.74. The number of thiazole rings is 1. The molecule has 0 saturated heterocycles. The summed E-state index contributed by atoms with van der Waals surface area (Å²) >= 11 is 1.81. The van der Waals surface area contributed by atoms with Crippen molar-refractivity contribution in [3.63, 3.8) is 0 Å². The highest BCUT2D eigenvalue weighted by Crippen LogP contribution is 2.24. The molecule has 0 bridgehead atoms. The molecule has 3 aromatic heterocycles. The van der Waals surface area contributed by atoms with Gasteiger partial charge in [0, 0.05) is 55.9 Å². The zero-order chi connectivity index (χ0) is 18.1. The Morgan fingerprint density at radius 2 is 2.12 bits per heavy atom. The van der Waals surface area contributed by atoms with E-state index in [9.17, 15) is 0 Å². The summed E-state index contributed by atoms with van der Waals surface area (Å²) in [5, 5.41) is 14.2. The van der Waals surface area contributed by atoms with Gasteiger partial charge in [-0.15, -0.1) is 11.3 Å². The van der Waals surface area contributed by atoms with Crippen LogP contribution in [0.3, 0.4) is 0 Å². The fraction of sp³-hybridized carbons (Fsp3) is 0.444. The molecular formula is C18H23N7S. The SMILES string of the molecule is CN(C)Cc1cnc(CN2CCc3nnc(-c4cnn(C)c4)cc3C2)s1. The first-order valence-electron chi connectivity index (χ1n) is 8.72. The van der Waals surface area contributed by atoms with Crippen LogP contribution in [0.4, 0.5) is 0 Å². The minimum absolute atomic E-state index is 0.890. The monoisotopic (exact) mass is 369 g/mol. The quantitative estimate of drug-likeness (QED) is 0.685. The average Bonchev–Trinajstić information content (AvgIpc) is 3.23. The van der Waals surface area contributed by atoms with Gasteiger partial charge in [-0.1, -0.05) is 0 Å². The van der Waals surface area contributed by atoms with Gasteiger partial charge in [0.1, 0.15) is 5.01 Å². The first kappa shape index (κ1) is 17.3. The van der Waals surface area contributed by atoms with Crippen LogP contribution in [0.15, 0.2) is 24.7 Å². The minimum atomic E-state index is 0.890. The minimum Gasteiger partial charge on any atom is -0.304 e. The molecule has 0 atom stereocenters. The summed E-state index contributed by atoms with van der Waals surface area (Å²) in [6, 6.07) is 2.16. The predicted octanol–water partition coefficient (Wildman–Crippen LogP) is 1.95. The Morgan fingerprint density at radius 1 is 1.23 bits per heavy atom. The highest BCUT2D eigenvalue weighted by atomic mass is 32.1. The van der Waals surface area contributed by atoms with Crippen molar-refractivity contribution >= 4 is 11.3 Å². The number of hydrogen-bond donors (Lipinski definition) is 0. The van der Waals surface area contributed by atoms with E-state index in [2.05, 4.69) is 50.2 Å². The first-order chi connectivity index (χ1) is 12.6. The van der Waals surface area contributed by atoms with Gasteiger partial charge < -0.3 is 4.90 Å². The number of hydrogen-bond acceptors (Lipinski definition) is 7. The predicted molar refractivity (Wildman–Crippen MR) is 102 cm³/mol. The Balaban J connectivity index is 1.47. The maximum absolute atomic E-state index is 4.60. The van der Waals surface area contributed by atoms with Gasteiger partial charge in [0.2, 0.25) is 0 Å². The van der Waals surface area contributed by atoms with E-state index in [4.69, 9.17) is 0 Å². The van der Waals surface area contributed by atoms with Crippen molar-refractivity contribution in [3.8, 4) is 11.3 Å². The van der Waals surface area contributed by atoms with Gasteiger partial charge in [0.25, 0.3) is 0 Å². The maximum Gasteiger partial charge on any atom is 0.107 e. The molecule has 26 heavy (non-hydrogen) atoms. The van der Waals surface area contributed by atoms with Crippen molar-refractivity contribution in [2.45, 2.75) is 26.1 Å². The number of rotatable bonds is 5. The number of fused-ring (bicyclic) bond motifs is 1. The van der Waals surface area contributed by atoms with E-state index in [0.717, 1.165) is 49.6 Å². The zero-order valence-electron chi connectivity index (χ0n) is 15.4. The second-order valence-corrected chi connectivity index (χ2v) is 8.22. The van der Waals surface area contributed by atoms with Gasteiger partial charge >= 0.3 is 0 Å². The topological polar surface area (TPSA) is 63.0 Å². The molecule has 3 aromatic rings. The fourth-order valence-electron chi connectivity index (χ4n) is 3.21. The zero-order valence-corrected chi connectivity index (χ0v) is 16.2. The molecule has 0 radical (unpaired) electrons. The van der Waals surface area contributed by atoms with Crippen LogP contribution in [0, 0.1) is 0 Å². The lowest BCUT2D eigenvalue weighted by Crippen LogP contribution is -2.30. The summed E-state index contributed by atoms with van der Waals surface area (Å²) in [5.41, 5.74) is 4.27. The van der Waals surface area contributed by atoms with E-state index in [1.54, 1.807) is 16.0 Å². The standard InChI is InChI=1S/C18H23N7S/c1-23(2)11-15-8-19-18(26-15)12-25-5-4-16-13(10-25)6-17(22-21-16)14-7-20-24(3)9-14/h6-9H,4-5,10-12H2,1-3H3. The van der Waals surface area contributed by atoms with Crippen molar-refractivity contribution in [2.24, 2.45) is 7.05 Å². The van der Waals surface area contributed by atoms with Crippen LogP contribution < -0.4 is 0 Å². The molecule has 7 nitrogen and oxygen atoms in total. The van der Waals surface area contributed by atoms with Crippen molar-refractivity contribution < 1.29 is 0 Å². The van der Waals surface area contributed by atoms with Crippen molar-refractivity contribution in [1.29, 1.82) is 0 Å². The van der Waals surface area contributed by atoms with Crippen molar-refractivity contribution in [2.75, 3.05) is 20.6 Å². The smallest absolute Gasteiger partial charge is 0.107 e. The third-order valence-electron chi connectivity index (χ3n) is 4.45. The Bertz CT molecular complexity index is 899. The van der Waals surface area contributed by atoms with Gasteiger partial charge in [-0.3, -0.25) is 9.58 Å². The Labute approximate surface area is 157 Å². The largest absolute Gasteiger partial charge is 0.304 e. The van der Waals surface area contributed by atoms with Gasteiger partial charge in [0.05, 0.1) is 24.1 Å². The van der Waals surface area contributed by atoms with E-state index in [0.29, 0.717) is 0 Å². The van der Waals surface area contributed by atoms with E-state index >= 15 is 0 Å². The molecular weight excluding hydrogens is 346 g/mol. The lowest BCUT2D eigenvalue weighted by molar-refractivity contribution is 0.242. The molecule has 0 fully saturated rings. The van der Waals surface area contributed by atoms with E-state index in [1.165, 1.54) is 15.4 Å². The van der Waals surface area contributed by atoms with Crippen LogP contribution in [0.1, 0.15) is 21.1 Å². The van der Waals surface area contributed by atoms with Crippen molar-refractivity contribution in [3.05, 3.63) is 45.8 Å². The second-order valence-electron chi connectivity index (χ2n) is 7.02. The van der Waals surface area contributed by atoms with Crippen LogP contribution in [0.5, 0.6) is 0 Å². The van der Waals surface area contributed by atoms with Crippen LogP contribution in [0.25, 0.3) is 11.3 Å². The Kier molecular flexibility index (Phi) is 4.80. The number of nitrogens with zero attached hydrogens (tertiary/aromatic N) is 7. The summed E-state index contributed by atoms with van der Waals surface area (Å²) in [6.45, 7) is 3.73. The van der Waals surface area contributed by atoms with E-state index in [1.807, 2.05) is 25.6 Å². The molecule has 0 N–H and O–H groups in total. The van der Waals surface area contributed by atoms with Crippen LogP contribution >= 0.6 is 11.3 Å². The molecule has 1 aliphatic rings. The Hall–Kier alpha value is -2.16. The molecule has 1 aliphatic heterocycles. The van der Waals surface area contributed by atoms with Gasteiger partial charge in [-0.2, -0.15) is 15.3 Å². The van der Waals surface area contributed by atoms with Gasteiger partial charge in [-0.25, -0.2) is 4.98 Å². The lowest BCUT2D eigenvalue weighted by Gasteiger charge is -2.27. The van der Waals surface area contributed by atoms with E-state index < -0.39 is 0 Å². The molecule has 136 valence electrons. The van der Waals surface area contributed by atoms with Crippen LogP contribution in [-0.4, -0.2) is 55.4 Å². The highest BCUT2D eigenvalue weighted by molar-refractivity contribution is 7.11. The first-order valence-corrected chi connectivity index (χ1v) is 9.53. The third kappa shape index (κ3) is 3.82. The molecule has 0 unspecified atom stereocenters. The van der Waals surface area contributed by atoms with Gasteiger partial charge in [0.15, 0.2) is 0 Å². The summed E-state index contributed by atoms with van der Waals surface area (Å²) in [4.78, 5) is 10.5. The molecule has 4 heterocycles. The summed E-state index contributed by atoms with van der Waals surface area (Å²) in [7, 11) is 6.08. The molecule has 0 aliphatic carbocycles. The van der Waals surface area contributed by atoms with E-state index in [-0.39, 0.29) is 0 Å².